The van der Waals surface area contributed by atoms with E-state index in [1.165, 1.54) is 0 Å². The fraction of sp³-hybridized carbons (Fsp3) is 0.176. The monoisotopic (exact) mass is 299 g/mol. The van der Waals surface area contributed by atoms with Gasteiger partial charge in [0, 0.05) is 11.8 Å². The van der Waals surface area contributed by atoms with Crippen molar-refractivity contribution < 1.29 is 19.1 Å². The molecule has 2 aromatic rings. The first-order valence-corrected chi connectivity index (χ1v) is 6.91. The molecule has 0 atom stereocenters. The summed E-state index contributed by atoms with van der Waals surface area (Å²) in [5.74, 6) is -0.0993. The molecule has 0 radical (unpaired) electrons. The number of benzene rings is 2. The van der Waals surface area contributed by atoms with Gasteiger partial charge in [-0.1, -0.05) is 23.8 Å². The van der Waals surface area contributed by atoms with Crippen molar-refractivity contribution in [1.82, 2.24) is 0 Å². The Hall–Kier alpha value is -2.82. The summed E-state index contributed by atoms with van der Waals surface area (Å²) in [6.45, 7) is 3.91. The van der Waals surface area contributed by atoms with Crippen LogP contribution in [0.1, 0.15) is 22.8 Å². The number of anilines is 1. The van der Waals surface area contributed by atoms with Crippen LogP contribution in [0.2, 0.25) is 0 Å². The van der Waals surface area contributed by atoms with Gasteiger partial charge in [-0.25, -0.2) is 9.59 Å². The highest BCUT2D eigenvalue weighted by Gasteiger charge is 2.09. The van der Waals surface area contributed by atoms with Crippen molar-refractivity contribution in [3.8, 4) is 5.75 Å². The molecule has 0 aromatic heterocycles. The lowest BCUT2D eigenvalue weighted by Gasteiger charge is -2.08. The number of carbonyl (C=O) groups excluding carboxylic acids is 2. The van der Waals surface area contributed by atoms with Gasteiger partial charge in [0.15, 0.2) is 0 Å². The molecule has 0 saturated heterocycles. The number of aryl methyl sites for hydroxylation is 1. The Bertz CT molecular complexity index is 682. The third-order valence-corrected chi connectivity index (χ3v) is 2.82. The second-order valence-corrected chi connectivity index (χ2v) is 4.63. The first-order valence-electron chi connectivity index (χ1n) is 6.91. The number of ether oxygens (including phenoxy) is 2. The van der Waals surface area contributed by atoms with Crippen LogP contribution >= 0.6 is 0 Å². The molecular formula is C17H17NO4. The summed E-state index contributed by atoms with van der Waals surface area (Å²) in [5.41, 5.74) is 1.95. The lowest BCUT2D eigenvalue weighted by atomic mass is 10.1. The Balaban J connectivity index is 2.07. The maximum absolute atomic E-state index is 12.1. The molecule has 0 bridgehead atoms. The normalized spacial score (nSPS) is 9.91. The number of nitrogens with one attached hydrogen (secondary N) is 1. The predicted molar refractivity (Wildman–Crippen MR) is 83.2 cm³/mol. The average Bonchev–Trinajstić information content (AvgIpc) is 2.47. The van der Waals surface area contributed by atoms with Crippen molar-refractivity contribution in [3.63, 3.8) is 0 Å². The van der Waals surface area contributed by atoms with Gasteiger partial charge in [-0.05, 0) is 38.1 Å². The van der Waals surface area contributed by atoms with Crippen molar-refractivity contribution >= 4 is 17.7 Å². The molecule has 0 aliphatic heterocycles. The fourth-order valence-electron chi connectivity index (χ4n) is 1.86. The Kier molecular flexibility index (Phi) is 5.14. The van der Waals surface area contributed by atoms with Crippen molar-refractivity contribution in [3.05, 3.63) is 59.7 Å². The Labute approximate surface area is 128 Å². The second kappa shape index (κ2) is 7.26. The van der Waals surface area contributed by atoms with E-state index >= 15 is 0 Å². The van der Waals surface area contributed by atoms with Gasteiger partial charge in [-0.2, -0.15) is 0 Å². The molecule has 0 aliphatic rings. The van der Waals surface area contributed by atoms with Crippen LogP contribution < -0.4 is 10.1 Å². The van der Waals surface area contributed by atoms with E-state index in [0.29, 0.717) is 17.0 Å². The van der Waals surface area contributed by atoms with E-state index in [1.807, 2.05) is 13.0 Å². The minimum atomic E-state index is -0.551. The standard InChI is InChI=1S/C17H17NO4/c1-3-21-17(20)18-14-8-5-9-15(11-14)22-16(19)13-7-4-6-12(2)10-13/h4-11H,3H2,1-2H3,(H,18,20). The van der Waals surface area contributed by atoms with Crippen LogP contribution in [0.3, 0.4) is 0 Å². The third-order valence-electron chi connectivity index (χ3n) is 2.82. The SMILES string of the molecule is CCOC(=O)Nc1cccc(OC(=O)c2cccc(C)c2)c1. The second-order valence-electron chi connectivity index (χ2n) is 4.63. The Morgan fingerprint density at radius 1 is 1.09 bits per heavy atom. The van der Waals surface area contributed by atoms with Crippen LogP contribution in [0.5, 0.6) is 5.75 Å². The van der Waals surface area contributed by atoms with Crippen LogP contribution in [0.25, 0.3) is 0 Å². The predicted octanol–water partition coefficient (Wildman–Crippen LogP) is 3.78. The van der Waals surface area contributed by atoms with Crippen molar-refractivity contribution in [2.45, 2.75) is 13.8 Å². The zero-order valence-electron chi connectivity index (χ0n) is 12.5. The smallest absolute Gasteiger partial charge is 0.411 e. The lowest BCUT2D eigenvalue weighted by molar-refractivity contribution is 0.0735. The number of esters is 1. The van der Waals surface area contributed by atoms with Crippen LogP contribution in [-0.4, -0.2) is 18.7 Å². The highest BCUT2D eigenvalue weighted by Crippen LogP contribution is 2.19. The van der Waals surface area contributed by atoms with Crippen LogP contribution in [-0.2, 0) is 4.74 Å². The van der Waals surface area contributed by atoms with E-state index in [0.717, 1.165) is 5.56 Å². The van der Waals surface area contributed by atoms with Gasteiger partial charge in [-0.3, -0.25) is 5.32 Å². The Morgan fingerprint density at radius 3 is 2.59 bits per heavy atom. The van der Waals surface area contributed by atoms with Gasteiger partial charge in [0.05, 0.1) is 12.2 Å². The number of hydrogen-bond donors (Lipinski definition) is 1. The zero-order chi connectivity index (χ0) is 15.9. The highest BCUT2D eigenvalue weighted by molar-refractivity contribution is 5.91. The zero-order valence-corrected chi connectivity index (χ0v) is 12.5. The van der Waals surface area contributed by atoms with E-state index in [4.69, 9.17) is 9.47 Å². The lowest BCUT2D eigenvalue weighted by Crippen LogP contribution is -2.13. The molecule has 2 aromatic carbocycles. The molecule has 0 unspecified atom stereocenters. The molecule has 2 rings (SSSR count). The molecule has 5 nitrogen and oxygen atoms in total. The molecule has 1 amide bonds. The van der Waals surface area contributed by atoms with Crippen molar-refractivity contribution in [2.75, 3.05) is 11.9 Å². The van der Waals surface area contributed by atoms with Crippen LogP contribution in [0.15, 0.2) is 48.5 Å². The van der Waals surface area contributed by atoms with Crippen molar-refractivity contribution in [2.24, 2.45) is 0 Å². The molecular weight excluding hydrogens is 282 g/mol. The number of rotatable bonds is 4. The average molecular weight is 299 g/mol. The molecule has 1 N–H and O–H groups in total. The molecule has 0 fully saturated rings. The van der Waals surface area contributed by atoms with Gasteiger partial charge >= 0.3 is 12.1 Å². The number of hydrogen-bond acceptors (Lipinski definition) is 4. The van der Waals surface area contributed by atoms with E-state index in [1.54, 1.807) is 49.4 Å². The summed E-state index contributed by atoms with van der Waals surface area (Å²) >= 11 is 0. The third kappa shape index (κ3) is 4.34. The fourth-order valence-corrected chi connectivity index (χ4v) is 1.86. The summed E-state index contributed by atoms with van der Waals surface area (Å²) < 4.78 is 10.1. The summed E-state index contributed by atoms with van der Waals surface area (Å²) in [7, 11) is 0. The topological polar surface area (TPSA) is 64.6 Å². The van der Waals surface area contributed by atoms with E-state index in [2.05, 4.69) is 5.32 Å². The molecule has 0 heterocycles. The Morgan fingerprint density at radius 2 is 1.86 bits per heavy atom. The summed E-state index contributed by atoms with van der Waals surface area (Å²) in [5, 5.41) is 2.55. The number of carbonyl (C=O) groups is 2. The number of amides is 1. The molecule has 0 spiro atoms. The van der Waals surface area contributed by atoms with E-state index in [-0.39, 0.29) is 6.61 Å². The maximum Gasteiger partial charge on any atom is 0.411 e. The molecule has 5 heteroatoms. The summed E-state index contributed by atoms with van der Waals surface area (Å²) in [4.78, 5) is 23.4. The summed E-state index contributed by atoms with van der Waals surface area (Å²) in [6.07, 6.45) is -0.551. The van der Waals surface area contributed by atoms with Gasteiger partial charge in [0.25, 0.3) is 0 Å². The molecule has 0 saturated carbocycles. The van der Waals surface area contributed by atoms with Crippen molar-refractivity contribution in [1.29, 1.82) is 0 Å². The molecule has 0 aliphatic carbocycles. The summed E-state index contributed by atoms with van der Waals surface area (Å²) in [6, 6.07) is 13.7. The van der Waals surface area contributed by atoms with Gasteiger partial charge in [-0.15, -0.1) is 0 Å². The van der Waals surface area contributed by atoms with Gasteiger partial charge < -0.3 is 9.47 Å². The van der Waals surface area contributed by atoms with Gasteiger partial charge in [0.1, 0.15) is 5.75 Å². The quantitative estimate of drug-likeness (QED) is 0.689. The van der Waals surface area contributed by atoms with Crippen LogP contribution in [0.4, 0.5) is 10.5 Å². The van der Waals surface area contributed by atoms with Gasteiger partial charge in [0.2, 0.25) is 0 Å². The minimum absolute atomic E-state index is 0.286. The molecule has 22 heavy (non-hydrogen) atoms. The molecule has 114 valence electrons. The van der Waals surface area contributed by atoms with E-state index < -0.39 is 12.1 Å². The maximum atomic E-state index is 12.1. The minimum Gasteiger partial charge on any atom is -0.450 e. The first-order chi connectivity index (χ1) is 10.6. The van der Waals surface area contributed by atoms with E-state index in [9.17, 15) is 9.59 Å². The first kappa shape index (κ1) is 15.6. The van der Waals surface area contributed by atoms with Crippen LogP contribution in [0, 0.1) is 6.92 Å². The largest absolute Gasteiger partial charge is 0.450 e. The highest BCUT2D eigenvalue weighted by atomic mass is 16.5.